The minimum atomic E-state index is -0.129. The topological polar surface area (TPSA) is 82.9 Å². The van der Waals surface area contributed by atoms with Gasteiger partial charge < -0.3 is 14.5 Å². The third-order valence-electron chi connectivity index (χ3n) is 6.88. The Kier molecular flexibility index (Phi) is 5.93. The van der Waals surface area contributed by atoms with Crippen molar-refractivity contribution in [2.75, 3.05) is 33.3 Å². The molecule has 8 nitrogen and oxygen atoms in total. The Morgan fingerprint density at radius 2 is 1.91 bits per heavy atom. The number of fused-ring (bicyclic) bond motifs is 2. The first-order valence-electron chi connectivity index (χ1n) is 11.8. The van der Waals surface area contributed by atoms with Crippen LogP contribution in [0.15, 0.2) is 35.1 Å². The summed E-state index contributed by atoms with van der Waals surface area (Å²) in [7, 11) is 1.63. The summed E-state index contributed by atoms with van der Waals surface area (Å²) < 4.78 is 6.72. The predicted molar refractivity (Wildman–Crippen MR) is 126 cm³/mol. The van der Waals surface area contributed by atoms with Gasteiger partial charge in [0.1, 0.15) is 5.75 Å². The zero-order chi connectivity index (χ0) is 22.9. The molecular formula is C25H31N5O3. The van der Waals surface area contributed by atoms with Gasteiger partial charge in [-0.05, 0) is 55.8 Å². The molecule has 1 aromatic carbocycles. The van der Waals surface area contributed by atoms with Crippen molar-refractivity contribution in [3.05, 3.63) is 51.9 Å². The van der Waals surface area contributed by atoms with Crippen LogP contribution >= 0.6 is 0 Å². The number of nitrogens with zero attached hydrogens (tertiary/aromatic N) is 4. The van der Waals surface area contributed by atoms with E-state index in [4.69, 9.17) is 9.72 Å². The Morgan fingerprint density at radius 3 is 2.64 bits per heavy atom. The summed E-state index contributed by atoms with van der Waals surface area (Å²) in [6, 6.07) is 9.55. The van der Waals surface area contributed by atoms with Crippen LogP contribution in [0.25, 0.3) is 16.9 Å². The average molecular weight is 450 g/mol. The van der Waals surface area contributed by atoms with Gasteiger partial charge in [0.2, 0.25) is 5.91 Å². The molecule has 2 aliphatic heterocycles. The fraction of sp³-hybridized carbons (Fsp3) is 0.480. The van der Waals surface area contributed by atoms with Gasteiger partial charge in [-0.2, -0.15) is 0 Å². The fourth-order valence-corrected chi connectivity index (χ4v) is 5.01. The molecule has 1 saturated heterocycles. The number of hydrogen-bond donors (Lipinski definition) is 1. The molecule has 2 aliphatic rings. The average Bonchev–Trinajstić information content (AvgIpc) is 3.28. The second-order valence-electron chi connectivity index (χ2n) is 9.21. The summed E-state index contributed by atoms with van der Waals surface area (Å²) in [5, 5.41) is 3.18. The number of carbonyl (C=O) groups is 1. The highest BCUT2D eigenvalue weighted by molar-refractivity contribution is 5.79. The van der Waals surface area contributed by atoms with Crippen LogP contribution in [0.3, 0.4) is 0 Å². The summed E-state index contributed by atoms with van der Waals surface area (Å²) in [5.74, 6) is 0.831. The molecule has 0 saturated carbocycles. The molecule has 1 atom stereocenters. The number of rotatable bonds is 5. The molecule has 1 unspecified atom stereocenters. The van der Waals surface area contributed by atoms with E-state index in [1.165, 1.54) is 23.8 Å². The molecule has 0 bridgehead atoms. The highest BCUT2D eigenvalue weighted by atomic mass is 16.5. The van der Waals surface area contributed by atoms with E-state index in [1.807, 2.05) is 42.2 Å². The normalized spacial score (nSPS) is 17.7. The summed E-state index contributed by atoms with van der Waals surface area (Å²) in [4.78, 5) is 35.4. The molecule has 1 N–H and O–H groups in total. The number of ether oxygens (including phenoxy) is 1. The molecule has 1 fully saturated rings. The van der Waals surface area contributed by atoms with Crippen LogP contribution in [0.1, 0.15) is 37.4 Å². The van der Waals surface area contributed by atoms with E-state index in [2.05, 4.69) is 10.00 Å². The van der Waals surface area contributed by atoms with Crippen molar-refractivity contribution in [2.45, 2.75) is 39.2 Å². The Balaban J connectivity index is 1.36. The van der Waals surface area contributed by atoms with Crippen molar-refractivity contribution in [2.24, 2.45) is 5.92 Å². The molecule has 1 amide bonds. The number of benzene rings is 1. The molecule has 2 aromatic heterocycles. The number of aromatic amines is 1. The van der Waals surface area contributed by atoms with E-state index in [9.17, 15) is 9.59 Å². The lowest BCUT2D eigenvalue weighted by Gasteiger charge is -2.33. The third-order valence-corrected chi connectivity index (χ3v) is 6.88. The number of methoxy groups -OCH3 is 1. The van der Waals surface area contributed by atoms with Gasteiger partial charge >= 0.3 is 0 Å². The van der Waals surface area contributed by atoms with Crippen LogP contribution in [-0.4, -0.2) is 63.6 Å². The maximum absolute atomic E-state index is 13.3. The Labute approximate surface area is 193 Å². The molecule has 8 heteroatoms. The van der Waals surface area contributed by atoms with Gasteiger partial charge in [-0.25, -0.2) is 9.50 Å². The van der Waals surface area contributed by atoms with E-state index in [1.54, 1.807) is 7.11 Å². The first-order chi connectivity index (χ1) is 16.0. The Morgan fingerprint density at radius 1 is 1.15 bits per heavy atom. The van der Waals surface area contributed by atoms with Gasteiger partial charge in [-0.15, -0.1) is 0 Å². The molecule has 0 spiro atoms. The van der Waals surface area contributed by atoms with Gasteiger partial charge in [-0.1, -0.05) is 13.3 Å². The van der Waals surface area contributed by atoms with Gasteiger partial charge in [0.25, 0.3) is 5.56 Å². The Bertz CT molecular complexity index is 1210. The van der Waals surface area contributed by atoms with Crippen molar-refractivity contribution in [1.29, 1.82) is 0 Å². The minimum absolute atomic E-state index is 0.0729. The van der Waals surface area contributed by atoms with Crippen molar-refractivity contribution in [1.82, 2.24) is 24.4 Å². The number of aromatic nitrogens is 3. The fourth-order valence-electron chi connectivity index (χ4n) is 5.01. The molecular weight excluding hydrogens is 418 g/mol. The van der Waals surface area contributed by atoms with Crippen LogP contribution in [0.4, 0.5) is 0 Å². The van der Waals surface area contributed by atoms with E-state index < -0.39 is 0 Å². The SMILES string of the molecule is COc1ccc(-c2cc3nc4c(c(=O)n3[nH]2)CN(C(=O)C(C)CN2CCCCC2)CC4)cc1. The smallest absolute Gasteiger partial charge is 0.277 e. The predicted octanol–water partition coefficient (Wildman–Crippen LogP) is 2.70. The standard InChI is InChI=1S/C25H31N5O3/c1-17(15-28-11-4-3-5-12-28)24(31)29-13-10-21-20(16-29)25(32)30-23(26-21)14-22(27-30)18-6-8-19(33-2)9-7-18/h6-9,14,17,27H,3-5,10-13,15-16H2,1-2H3. The largest absolute Gasteiger partial charge is 0.497 e. The molecule has 4 heterocycles. The second kappa shape index (κ2) is 9.02. The van der Waals surface area contributed by atoms with Crippen molar-refractivity contribution in [3.8, 4) is 17.0 Å². The second-order valence-corrected chi connectivity index (χ2v) is 9.21. The summed E-state index contributed by atoms with van der Waals surface area (Å²) in [6.07, 6.45) is 4.31. The lowest BCUT2D eigenvalue weighted by atomic mass is 10.0. The van der Waals surface area contributed by atoms with Gasteiger partial charge in [-0.3, -0.25) is 14.7 Å². The maximum Gasteiger partial charge on any atom is 0.277 e. The summed E-state index contributed by atoms with van der Waals surface area (Å²) >= 11 is 0. The van der Waals surface area contributed by atoms with Gasteiger partial charge in [0.05, 0.1) is 30.6 Å². The van der Waals surface area contributed by atoms with Crippen molar-refractivity contribution in [3.63, 3.8) is 0 Å². The van der Waals surface area contributed by atoms with Gasteiger partial charge in [0.15, 0.2) is 5.65 Å². The molecule has 174 valence electrons. The number of piperidine rings is 1. The molecule has 3 aromatic rings. The highest BCUT2D eigenvalue weighted by Crippen LogP contribution is 2.23. The molecule has 33 heavy (non-hydrogen) atoms. The molecule has 0 radical (unpaired) electrons. The van der Waals surface area contributed by atoms with E-state index in [0.29, 0.717) is 30.7 Å². The van der Waals surface area contributed by atoms with Crippen LogP contribution in [0, 0.1) is 5.92 Å². The zero-order valence-electron chi connectivity index (χ0n) is 19.3. The quantitative estimate of drug-likeness (QED) is 0.648. The maximum atomic E-state index is 13.3. The van der Waals surface area contributed by atoms with Crippen molar-refractivity contribution >= 4 is 11.6 Å². The minimum Gasteiger partial charge on any atom is -0.497 e. The van der Waals surface area contributed by atoms with Crippen molar-refractivity contribution < 1.29 is 9.53 Å². The van der Waals surface area contributed by atoms with E-state index >= 15 is 0 Å². The summed E-state index contributed by atoms with van der Waals surface area (Å²) in [5.41, 5.74) is 3.64. The number of likely N-dealkylation sites (tertiary alicyclic amines) is 1. The lowest BCUT2D eigenvalue weighted by Crippen LogP contribution is -2.45. The summed E-state index contributed by atoms with van der Waals surface area (Å²) in [6.45, 7) is 5.88. The number of hydrogen-bond acceptors (Lipinski definition) is 5. The van der Waals surface area contributed by atoms with Crippen LogP contribution < -0.4 is 10.3 Å². The Hall–Kier alpha value is -3.13. The van der Waals surface area contributed by atoms with E-state index in [-0.39, 0.29) is 17.4 Å². The van der Waals surface area contributed by atoms with Gasteiger partial charge in [0, 0.05) is 31.5 Å². The van der Waals surface area contributed by atoms with Crippen LogP contribution in [0.5, 0.6) is 5.75 Å². The first-order valence-corrected chi connectivity index (χ1v) is 11.8. The number of amides is 1. The molecule has 5 rings (SSSR count). The zero-order valence-corrected chi connectivity index (χ0v) is 19.3. The number of nitrogens with one attached hydrogen (secondary N) is 1. The lowest BCUT2D eigenvalue weighted by molar-refractivity contribution is -0.136. The van der Waals surface area contributed by atoms with E-state index in [0.717, 1.165) is 42.3 Å². The third kappa shape index (κ3) is 4.27. The number of carbonyl (C=O) groups excluding carboxylic acids is 1. The number of H-pyrrole nitrogens is 1. The molecule has 0 aliphatic carbocycles. The van der Waals surface area contributed by atoms with Crippen LogP contribution in [-0.2, 0) is 17.8 Å². The highest BCUT2D eigenvalue weighted by Gasteiger charge is 2.29. The van der Waals surface area contributed by atoms with Crippen LogP contribution in [0.2, 0.25) is 0 Å². The monoisotopic (exact) mass is 449 g/mol. The first kappa shape index (κ1) is 21.7.